The second kappa shape index (κ2) is 4.91. The van der Waals surface area contributed by atoms with Crippen molar-refractivity contribution in [3.8, 4) is 5.88 Å². The Bertz CT molecular complexity index is 575. The molecular weight excluding hydrogens is 232 g/mol. The lowest BCUT2D eigenvalue weighted by Gasteiger charge is -2.07. The molecule has 5 heteroatoms. The maximum Gasteiger partial charge on any atom is 0.294 e. The van der Waals surface area contributed by atoms with E-state index >= 15 is 0 Å². The van der Waals surface area contributed by atoms with Crippen LogP contribution in [0.2, 0.25) is 0 Å². The molecule has 5 nitrogen and oxygen atoms in total. The normalized spacial score (nSPS) is 10.2. The van der Waals surface area contributed by atoms with E-state index in [1.54, 1.807) is 0 Å². The Morgan fingerprint density at radius 3 is 2.72 bits per heavy atom. The first kappa shape index (κ1) is 12.2. The Hall–Kier alpha value is -2.30. The van der Waals surface area contributed by atoms with Crippen LogP contribution in [0.25, 0.3) is 0 Å². The number of anilines is 1. The monoisotopic (exact) mass is 246 g/mol. The second-order valence-electron chi connectivity index (χ2n) is 4.01. The number of carbonyl (C=O) groups is 1. The summed E-state index contributed by atoms with van der Waals surface area (Å²) in [5.41, 5.74) is 2.89. The predicted octanol–water partition coefficient (Wildman–Crippen LogP) is 2.55. The van der Waals surface area contributed by atoms with Crippen molar-refractivity contribution < 1.29 is 14.1 Å². The van der Waals surface area contributed by atoms with Crippen LogP contribution in [0.5, 0.6) is 5.88 Å². The Morgan fingerprint density at radius 2 is 2.11 bits per heavy atom. The van der Waals surface area contributed by atoms with E-state index in [0.29, 0.717) is 0 Å². The number of hydrogen-bond acceptors (Lipinski definition) is 4. The highest BCUT2D eigenvalue weighted by molar-refractivity contribution is 6.02. The fourth-order valence-corrected chi connectivity index (χ4v) is 1.60. The number of carbonyl (C=O) groups excluding carboxylic acids is 1. The van der Waals surface area contributed by atoms with E-state index in [1.807, 2.05) is 32.0 Å². The van der Waals surface area contributed by atoms with Crippen molar-refractivity contribution in [3.63, 3.8) is 0 Å². The third-order valence-electron chi connectivity index (χ3n) is 2.55. The smallest absolute Gasteiger partial charge is 0.294 e. The van der Waals surface area contributed by atoms with Gasteiger partial charge in [-0.1, -0.05) is 17.7 Å². The van der Waals surface area contributed by atoms with E-state index in [2.05, 4.69) is 10.5 Å². The molecule has 0 spiro atoms. The number of amides is 1. The van der Waals surface area contributed by atoms with Gasteiger partial charge in [-0.05, 0) is 30.6 Å². The van der Waals surface area contributed by atoms with Crippen LogP contribution in [0.1, 0.15) is 21.7 Å². The number of aromatic nitrogens is 1. The second-order valence-corrected chi connectivity index (χ2v) is 4.01. The van der Waals surface area contributed by atoms with Gasteiger partial charge < -0.3 is 14.6 Å². The summed E-state index contributed by atoms with van der Waals surface area (Å²) in [6.45, 7) is 3.93. The van der Waals surface area contributed by atoms with Crippen molar-refractivity contribution in [2.75, 3.05) is 12.4 Å². The first-order chi connectivity index (χ1) is 8.60. The van der Waals surface area contributed by atoms with Crippen LogP contribution in [0, 0.1) is 13.8 Å². The van der Waals surface area contributed by atoms with E-state index in [4.69, 9.17) is 9.26 Å². The number of ether oxygens (including phenoxy) is 1. The van der Waals surface area contributed by atoms with Gasteiger partial charge in [0.15, 0.2) is 0 Å². The summed E-state index contributed by atoms with van der Waals surface area (Å²) in [6.07, 6.45) is 0. The lowest BCUT2D eigenvalue weighted by atomic mass is 10.1. The van der Waals surface area contributed by atoms with E-state index in [1.165, 1.54) is 13.2 Å². The molecule has 1 N–H and O–H groups in total. The summed E-state index contributed by atoms with van der Waals surface area (Å²) in [4.78, 5) is 11.9. The highest BCUT2D eigenvalue weighted by atomic mass is 16.5. The summed E-state index contributed by atoms with van der Waals surface area (Å²) in [6, 6.07) is 7.23. The van der Waals surface area contributed by atoms with Gasteiger partial charge in [0, 0.05) is 5.69 Å². The fourth-order valence-electron chi connectivity index (χ4n) is 1.60. The van der Waals surface area contributed by atoms with Crippen molar-refractivity contribution in [2.45, 2.75) is 13.8 Å². The van der Waals surface area contributed by atoms with Crippen LogP contribution in [0.15, 0.2) is 28.8 Å². The van der Waals surface area contributed by atoms with E-state index in [0.717, 1.165) is 16.8 Å². The topological polar surface area (TPSA) is 64.4 Å². The average Bonchev–Trinajstić information content (AvgIpc) is 2.81. The lowest BCUT2D eigenvalue weighted by molar-refractivity contribution is 0.0987. The van der Waals surface area contributed by atoms with Gasteiger partial charge in [0.25, 0.3) is 11.8 Å². The summed E-state index contributed by atoms with van der Waals surface area (Å²) in [7, 11) is 1.46. The highest BCUT2D eigenvalue weighted by Gasteiger charge is 2.14. The van der Waals surface area contributed by atoms with Gasteiger partial charge in [0.05, 0.1) is 13.2 Å². The number of nitrogens with zero attached hydrogens (tertiary/aromatic N) is 1. The molecule has 0 saturated heterocycles. The molecule has 0 aliphatic rings. The third kappa shape index (κ3) is 2.51. The van der Waals surface area contributed by atoms with Crippen LogP contribution in [0.4, 0.5) is 5.69 Å². The van der Waals surface area contributed by atoms with Gasteiger partial charge in [-0.2, -0.15) is 0 Å². The van der Waals surface area contributed by atoms with Crippen LogP contribution in [-0.4, -0.2) is 18.2 Å². The van der Waals surface area contributed by atoms with Gasteiger partial charge in [-0.15, -0.1) is 0 Å². The maximum absolute atomic E-state index is 11.9. The molecule has 0 bridgehead atoms. The molecule has 1 heterocycles. The summed E-state index contributed by atoms with van der Waals surface area (Å²) in [5.74, 6) is 0.0466. The van der Waals surface area contributed by atoms with Gasteiger partial charge in [0.2, 0.25) is 5.76 Å². The van der Waals surface area contributed by atoms with Crippen LogP contribution < -0.4 is 10.1 Å². The van der Waals surface area contributed by atoms with Crippen molar-refractivity contribution >= 4 is 11.6 Å². The van der Waals surface area contributed by atoms with Crippen molar-refractivity contribution in [1.82, 2.24) is 5.16 Å². The molecule has 94 valence electrons. The molecule has 1 aromatic heterocycles. The lowest BCUT2D eigenvalue weighted by Crippen LogP contribution is -2.11. The van der Waals surface area contributed by atoms with Gasteiger partial charge in [-0.25, -0.2) is 0 Å². The third-order valence-corrected chi connectivity index (χ3v) is 2.55. The van der Waals surface area contributed by atoms with E-state index in [9.17, 15) is 4.79 Å². The Morgan fingerprint density at radius 1 is 1.33 bits per heavy atom. The van der Waals surface area contributed by atoms with E-state index < -0.39 is 0 Å². The quantitative estimate of drug-likeness (QED) is 0.903. The molecule has 0 atom stereocenters. The SMILES string of the molecule is COc1cc(C(=O)Nc2ccc(C)cc2C)on1. The first-order valence-corrected chi connectivity index (χ1v) is 5.49. The zero-order valence-corrected chi connectivity index (χ0v) is 10.5. The van der Waals surface area contributed by atoms with E-state index in [-0.39, 0.29) is 17.5 Å². The number of rotatable bonds is 3. The molecule has 0 aliphatic carbocycles. The summed E-state index contributed by atoms with van der Waals surface area (Å²) >= 11 is 0. The zero-order chi connectivity index (χ0) is 13.1. The number of aryl methyl sites for hydroxylation is 2. The minimum Gasteiger partial charge on any atom is -0.479 e. The molecule has 0 fully saturated rings. The molecule has 1 amide bonds. The molecule has 18 heavy (non-hydrogen) atoms. The van der Waals surface area contributed by atoms with Gasteiger partial charge in [0.1, 0.15) is 0 Å². The van der Waals surface area contributed by atoms with Gasteiger partial charge in [-0.3, -0.25) is 4.79 Å². The van der Waals surface area contributed by atoms with Crippen LogP contribution in [-0.2, 0) is 0 Å². The first-order valence-electron chi connectivity index (χ1n) is 5.49. The van der Waals surface area contributed by atoms with Crippen molar-refractivity contribution in [3.05, 3.63) is 41.2 Å². The van der Waals surface area contributed by atoms with Crippen LogP contribution >= 0.6 is 0 Å². The number of hydrogen-bond donors (Lipinski definition) is 1. The molecular formula is C13H14N2O3. The molecule has 2 rings (SSSR count). The Kier molecular flexibility index (Phi) is 3.32. The minimum atomic E-state index is -0.349. The standard InChI is InChI=1S/C13H14N2O3/c1-8-4-5-10(9(2)6-8)14-13(16)11-7-12(17-3)15-18-11/h4-7H,1-3H3,(H,14,16). The highest BCUT2D eigenvalue weighted by Crippen LogP contribution is 2.18. The number of nitrogens with one attached hydrogen (secondary N) is 1. The minimum absolute atomic E-state index is 0.117. The van der Waals surface area contributed by atoms with Crippen molar-refractivity contribution in [2.24, 2.45) is 0 Å². The Labute approximate surface area is 105 Å². The molecule has 0 aliphatic heterocycles. The van der Waals surface area contributed by atoms with Crippen molar-refractivity contribution in [1.29, 1.82) is 0 Å². The number of benzene rings is 1. The summed E-state index contributed by atoms with van der Waals surface area (Å²) < 4.78 is 9.72. The zero-order valence-electron chi connectivity index (χ0n) is 10.5. The number of methoxy groups -OCH3 is 1. The predicted molar refractivity (Wildman–Crippen MR) is 66.9 cm³/mol. The molecule has 2 aromatic rings. The van der Waals surface area contributed by atoms with Crippen LogP contribution in [0.3, 0.4) is 0 Å². The maximum atomic E-state index is 11.9. The largest absolute Gasteiger partial charge is 0.479 e. The molecule has 0 radical (unpaired) electrons. The summed E-state index contributed by atoms with van der Waals surface area (Å²) in [5, 5.41) is 6.34. The Balaban J connectivity index is 2.16. The fraction of sp³-hybridized carbons (Fsp3) is 0.231. The molecule has 1 aromatic carbocycles. The van der Waals surface area contributed by atoms with Gasteiger partial charge >= 0.3 is 0 Å². The average molecular weight is 246 g/mol. The molecule has 0 unspecified atom stereocenters. The molecule has 0 saturated carbocycles.